The normalized spacial score (nSPS) is 13.8. The maximum Gasteiger partial charge on any atom is 0.299 e. The Hall–Kier alpha value is -2.28. The van der Waals surface area contributed by atoms with Crippen molar-refractivity contribution >= 4 is 23.1 Å². The van der Waals surface area contributed by atoms with E-state index < -0.39 is 16.6 Å². The first-order valence-electron chi connectivity index (χ1n) is 6.20. The molecule has 20 heavy (non-hydrogen) atoms. The van der Waals surface area contributed by atoms with Gasteiger partial charge in [-0.3, -0.25) is 19.7 Å². The third kappa shape index (κ3) is 2.53. The van der Waals surface area contributed by atoms with E-state index in [9.17, 15) is 19.7 Å². The van der Waals surface area contributed by atoms with Crippen molar-refractivity contribution < 1.29 is 19.2 Å². The predicted octanol–water partition coefficient (Wildman–Crippen LogP) is 1.55. The number of benzene rings is 1. The fourth-order valence-corrected chi connectivity index (χ4v) is 2.14. The lowest BCUT2D eigenvalue weighted by Crippen LogP contribution is -2.30. The van der Waals surface area contributed by atoms with Gasteiger partial charge in [-0.15, -0.1) is 0 Å². The molecular weight excluding hydrogens is 264 g/mol. The molecule has 1 heterocycles. The molecule has 7 heteroatoms. The Balaban J connectivity index is 2.20. The minimum atomic E-state index is -0.685. The van der Waals surface area contributed by atoms with Gasteiger partial charge < -0.3 is 9.64 Å². The average molecular weight is 278 g/mol. The van der Waals surface area contributed by atoms with E-state index in [0.29, 0.717) is 25.3 Å². The number of ketones is 1. The molecule has 1 aromatic rings. The molecule has 0 bridgehead atoms. The molecule has 106 valence electrons. The second-order valence-corrected chi connectivity index (χ2v) is 4.44. The summed E-state index contributed by atoms with van der Waals surface area (Å²) in [5.74, 6) is -1.31. The number of rotatable bonds is 6. The first-order chi connectivity index (χ1) is 9.56. The van der Waals surface area contributed by atoms with Crippen LogP contribution in [0.15, 0.2) is 18.2 Å². The van der Waals surface area contributed by atoms with Gasteiger partial charge in [0.25, 0.3) is 17.4 Å². The predicted molar refractivity (Wildman–Crippen MR) is 70.9 cm³/mol. The molecule has 0 aromatic heterocycles. The minimum absolute atomic E-state index is 0.107. The molecule has 0 saturated carbocycles. The number of ether oxygens (including phenoxy) is 1. The minimum Gasteiger partial charge on any atom is -0.385 e. The van der Waals surface area contributed by atoms with E-state index in [1.807, 2.05) is 0 Å². The van der Waals surface area contributed by atoms with Crippen LogP contribution in [0.2, 0.25) is 0 Å². The highest BCUT2D eigenvalue weighted by Crippen LogP contribution is 2.32. The van der Waals surface area contributed by atoms with Crippen molar-refractivity contribution in [3.05, 3.63) is 33.9 Å². The quantitative estimate of drug-likeness (QED) is 0.341. The number of hydrogen-bond acceptors (Lipinski definition) is 5. The number of anilines is 1. The van der Waals surface area contributed by atoms with Crippen molar-refractivity contribution in [3.63, 3.8) is 0 Å². The third-order valence-corrected chi connectivity index (χ3v) is 3.15. The van der Waals surface area contributed by atoms with Crippen LogP contribution in [-0.4, -0.2) is 36.9 Å². The van der Waals surface area contributed by atoms with Crippen LogP contribution >= 0.6 is 0 Å². The molecule has 0 unspecified atom stereocenters. The second-order valence-electron chi connectivity index (χ2n) is 4.44. The van der Waals surface area contributed by atoms with Gasteiger partial charge in [-0.1, -0.05) is 0 Å². The summed E-state index contributed by atoms with van der Waals surface area (Å²) in [6, 6.07) is 3.91. The van der Waals surface area contributed by atoms with Crippen LogP contribution in [0.3, 0.4) is 0 Å². The number of nitro groups is 1. The monoisotopic (exact) mass is 278 g/mol. The Bertz CT molecular complexity index is 570. The lowest BCUT2D eigenvalue weighted by molar-refractivity contribution is -0.384. The zero-order valence-corrected chi connectivity index (χ0v) is 11.0. The van der Waals surface area contributed by atoms with E-state index in [4.69, 9.17) is 4.74 Å². The number of Topliss-reactive ketones (excluding diaryl/α,β-unsaturated/α-hetero) is 1. The molecule has 1 aliphatic rings. The number of fused-ring (bicyclic) bond motifs is 1. The molecule has 0 fully saturated rings. The number of unbranched alkanes of at least 4 members (excludes halogenated alkanes) is 1. The van der Waals surface area contributed by atoms with E-state index in [1.54, 1.807) is 7.11 Å². The van der Waals surface area contributed by atoms with Gasteiger partial charge in [-0.25, -0.2) is 0 Å². The fourth-order valence-electron chi connectivity index (χ4n) is 2.14. The first kappa shape index (κ1) is 14.1. The third-order valence-electron chi connectivity index (χ3n) is 3.15. The molecule has 2 rings (SSSR count). The molecule has 0 saturated heterocycles. The fraction of sp³-hybridized carbons (Fsp3) is 0.385. The SMILES string of the molecule is COCCCCN1C(=O)C(=O)c2cc([N+](=O)[O-])ccc21. The average Bonchev–Trinajstić information content (AvgIpc) is 2.67. The van der Waals surface area contributed by atoms with Crippen molar-refractivity contribution in [3.8, 4) is 0 Å². The zero-order chi connectivity index (χ0) is 14.7. The highest BCUT2D eigenvalue weighted by molar-refractivity contribution is 6.52. The van der Waals surface area contributed by atoms with Crippen LogP contribution in [0.5, 0.6) is 0 Å². The molecule has 7 nitrogen and oxygen atoms in total. The molecule has 0 aliphatic carbocycles. The van der Waals surface area contributed by atoms with Crippen molar-refractivity contribution in [2.24, 2.45) is 0 Å². The Kier molecular flexibility index (Phi) is 4.09. The molecule has 0 N–H and O–H groups in total. The smallest absolute Gasteiger partial charge is 0.299 e. The number of amides is 1. The number of hydrogen-bond donors (Lipinski definition) is 0. The van der Waals surface area contributed by atoms with E-state index in [-0.39, 0.29) is 11.3 Å². The van der Waals surface area contributed by atoms with Gasteiger partial charge in [0.2, 0.25) is 0 Å². The Morgan fingerprint density at radius 3 is 2.70 bits per heavy atom. The van der Waals surface area contributed by atoms with Crippen LogP contribution in [0.25, 0.3) is 0 Å². The van der Waals surface area contributed by atoms with Crippen molar-refractivity contribution in [2.45, 2.75) is 12.8 Å². The first-order valence-corrected chi connectivity index (χ1v) is 6.20. The van der Waals surface area contributed by atoms with Gasteiger partial charge in [0.05, 0.1) is 16.2 Å². The Labute approximate surface area is 115 Å². The standard InChI is InChI=1S/C13H14N2O5/c1-20-7-3-2-6-14-11-5-4-9(15(18)19)8-10(11)12(16)13(14)17/h4-5,8H,2-3,6-7H2,1H3. The van der Waals surface area contributed by atoms with E-state index in [0.717, 1.165) is 12.5 Å². The Morgan fingerprint density at radius 2 is 2.05 bits per heavy atom. The summed E-state index contributed by atoms with van der Waals surface area (Å²) >= 11 is 0. The highest BCUT2D eigenvalue weighted by Gasteiger charge is 2.36. The number of carbonyl (C=O) groups is 2. The number of nitrogens with zero attached hydrogens (tertiary/aromatic N) is 2. The molecular formula is C13H14N2O5. The highest BCUT2D eigenvalue weighted by atomic mass is 16.6. The lowest BCUT2D eigenvalue weighted by Gasteiger charge is -2.15. The van der Waals surface area contributed by atoms with E-state index in [2.05, 4.69) is 0 Å². The van der Waals surface area contributed by atoms with Crippen molar-refractivity contribution in [2.75, 3.05) is 25.2 Å². The van der Waals surface area contributed by atoms with Gasteiger partial charge in [0, 0.05) is 32.4 Å². The lowest BCUT2D eigenvalue weighted by atomic mass is 10.1. The zero-order valence-electron chi connectivity index (χ0n) is 11.0. The second kappa shape index (κ2) is 5.79. The van der Waals surface area contributed by atoms with E-state index in [1.165, 1.54) is 17.0 Å². The molecule has 1 aliphatic heterocycles. The summed E-state index contributed by atoms with van der Waals surface area (Å²) in [7, 11) is 1.60. The number of nitro benzene ring substituents is 1. The van der Waals surface area contributed by atoms with Crippen LogP contribution < -0.4 is 4.90 Å². The maximum absolute atomic E-state index is 11.9. The molecule has 0 radical (unpaired) electrons. The van der Waals surface area contributed by atoms with Crippen LogP contribution in [0.4, 0.5) is 11.4 Å². The summed E-state index contributed by atoms with van der Waals surface area (Å²) in [5.41, 5.74) is 0.366. The van der Waals surface area contributed by atoms with Gasteiger partial charge in [0.1, 0.15) is 0 Å². The number of methoxy groups -OCH3 is 1. The van der Waals surface area contributed by atoms with Gasteiger partial charge in [-0.05, 0) is 18.9 Å². The largest absolute Gasteiger partial charge is 0.385 e. The number of carbonyl (C=O) groups excluding carboxylic acids is 2. The van der Waals surface area contributed by atoms with Crippen molar-refractivity contribution in [1.82, 2.24) is 0 Å². The summed E-state index contributed by atoms with van der Waals surface area (Å²) in [6.07, 6.45) is 1.47. The van der Waals surface area contributed by atoms with Gasteiger partial charge in [-0.2, -0.15) is 0 Å². The topological polar surface area (TPSA) is 89.8 Å². The summed E-state index contributed by atoms with van der Waals surface area (Å²) in [4.78, 5) is 35.2. The summed E-state index contributed by atoms with van der Waals surface area (Å²) < 4.78 is 4.92. The molecule has 0 spiro atoms. The summed E-state index contributed by atoms with van der Waals surface area (Å²) in [6.45, 7) is 0.988. The van der Waals surface area contributed by atoms with Gasteiger partial charge in [0.15, 0.2) is 0 Å². The van der Waals surface area contributed by atoms with Crippen molar-refractivity contribution in [1.29, 1.82) is 0 Å². The molecule has 1 aromatic carbocycles. The van der Waals surface area contributed by atoms with Crippen LogP contribution in [0.1, 0.15) is 23.2 Å². The number of non-ortho nitro benzene ring substituents is 1. The molecule has 1 amide bonds. The Morgan fingerprint density at radius 1 is 1.30 bits per heavy atom. The molecule has 0 atom stereocenters. The van der Waals surface area contributed by atoms with Gasteiger partial charge >= 0.3 is 0 Å². The summed E-state index contributed by atoms with van der Waals surface area (Å²) in [5, 5.41) is 10.7. The van der Waals surface area contributed by atoms with Crippen LogP contribution in [0, 0.1) is 10.1 Å². The maximum atomic E-state index is 11.9. The van der Waals surface area contributed by atoms with E-state index >= 15 is 0 Å². The van der Waals surface area contributed by atoms with Crippen LogP contribution in [-0.2, 0) is 9.53 Å².